The normalized spacial score (nSPS) is 17.6. The summed E-state index contributed by atoms with van der Waals surface area (Å²) in [5.41, 5.74) is 0.369. The summed E-state index contributed by atoms with van der Waals surface area (Å²) in [6, 6.07) is 20.5. The van der Waals surface area contributed by atoms with Crippen molar-refractivity contribution in [1.29, 1.82) is 0 Å². The lowest BCUT2D eigenvalue weighted by Gasteiger charge is -2.33. The highest BCUT2D eigenvalue weighted by molar-refractivity contribution is 7.80. The van der Waals surface area contributed by atoms with E-state index in [1.807, 2.05) is 30.3 Å². The highest BCUT2D eigenvalue weighted by Crippen LogP contribution is 2.29. The molecule has 3 aromatic carbocycles. The average molecular weight is 473 g/mol. The van der Waals surface area contributed by atoms with Crippen molar-refractivity contribution in [3.63, 3.8) is 0 Å². The van der Waals surface area contributed by atoms with Crippen molar-refractivity contribution in [1.82, 2.24) is 5.32 Å². The maximum Gasteiger partial charge on any atom is 0.263 e. The molecule has 1 aliphatic rings. The van der Waals surface area contributed by atoms with E-state index in [1.54, 1.807) is 30.3 Å². The van der Waals surface area contributed by atoms with Crippen LogP contribution in [0.5, 0.6) is 11.5 Å². The third kappa shape index (κ3) is 4.71. The van der Waals surface area contributed by atoms with Crippen LogP contribution in [-0.4, -0.2) is 16.5 Å². The summed E-state index contributed by atoms with van der Waals surface area (Å²) >= 11 is 17.4. The number of anilines is 1. The molecule has 1 amide bonds. The molecular weight excluding hydrogens is 458 g/mol. The molecule has 0 saturated carbocycles. The van der Waals surface area contributed by atoms with Gasteiger partial charge in [-0.1, -0.05) is 47.5 Å². The molecule has 1 fully saturated rings. The van der Waals surface area contributed by atoms with Gasteiger partial charge in [-0.2, -0.15) is 0 Å². The van der Waals surface area contributed by atoms with E-state index >= 15 is 0 Å². The van der Waals surface area contributed by atoms with Gasteiger partial charge in [0, 0.05) is 0 Å². The molecule has 1 unspecified atom stereocenters. The minimum absolute atomic E-state index is 0.00159. The summed E-state index contributed by atoms with van der Waals surface area (Å²) in [7, 11) is 0. The van der Waals surface area contributed by atoms with Crippen molar-refractivity contribution in [2.75, 3.05) is 4.90 Å². The van der Waals surface area contributed by atoms with Crippen molar-refractivity contribution in [3.8, 4) is 11.5 Å². The number of alkyl halides is 1. The van der Waals surface area contributed by atoms with Crippen LogP contribution in [0.3, 0.4) is 0 Å². The topological polar surface area (TPSA) is 41.6 Å². The Labute approximate surface area is 193 Å². The Morgan fingerprint density at radius 1 is 1.03 bits per heavy atom. The first-order valence-corrected chi connectivity index (χ1v) is 10.4. The fraction of sp³-hybridized carbons (Fsp3) is 0.0435. The number of hydrogen-bond donors (Lipinski definition) is 1. The van der Waals surface area contributed by atoms with Gasteiger partial charge in [0.05, 0.1) is 16.3 Å². The van der Waals surface area contributed by atoms with Crippen LogP contribution in [0.4, 0.5) is 10.1 Å². The van der Waals surface area contributed by atoms with E-state index < -0.39 is 17.2 Å². The largest absolute Gasteiger partial charge is 0.457 e. The van der Waals surface area contributed by atoms with Gasteiger partial charge in [-0.05, 0) is 72.4 Å². The highest BCUT2D eigenvalue weighted by atomic mass is 35.5. The first kappa shape index (κ1) is 21.3. The Kier molecular flexibility index (Phi) is 6.23. The highest BCUT2D eigenvalue weighted by Gasteiger charge is 2.34. The van der Waals surface area contributed by atoms with Crippen molar-refractivity contribution in [3.05, 3.63) is 94.8 Å². The Morgan fingerprint density at radius 2 is 1.71 bits per heavy atom. The minimum Gasteiger partial charge on any atom is -0.457 e. The van der Waals surface area contributed by atoms with Gasteiger partial charge in [0.25, 0.3) is 5.91 Å². The molecule has 1 atom stereocenters. The molecule has 1 saturated heterocycles. The molecule has 4 rings (SSSR count). The summed E-state index contributed by atoms with van der Waals surface area (Å²) < 4.78 is 19.6. The van der Waals surface area contributed by atoms with Gasteiger partial charge in [-0.15, -0.1) is 0 Å². The van der Waals surface area contributed by atoms with Crippen LogP contribution in [0.1, 0.15) is 5.56 Å². The number of thiocarbonyl (C=S) groups is 1. The van der Waals surface area contributed by atoms with Gasteiger partial charge in [0.15, 0.2) is 5.11 Å². The summed E-state index contributed by atoms with van der Waals surface area (Å²) in [4.78, 5) is 14.5. The molecule has 0 bridgehead atoms. The molecule has 4 nitrogen and oxygen atoms in total. The number of rotatable bonds is 4. The lowest BCUT2D eigenvalue weighted by molar-refractivity contribution is -0.114. The maximum atomic E-state index is 13.8. The van der Waals surface area contributed by atoms with Gasteiger partial charge < -0.3 is 10.1 Å². The molecular formula is C23H15Cl2FN2O2S. The second-order valence-electron chi connectivity index (χ2n) is 6.63. The molecule has 0 aliphatic carbocycles. The van der Waals surface area contributed by atoms with Crippen LogP contribution < -0.4 is 15.0 Å². The minimum atomic E-state index is -0.851. The second-order valence-corrected chi connectivity index (χ2v) is 7.87. The van der Waals surface area contributed by atoms with Crippen LogP contribution in [0.15, 0.2) is 78.4 Å². The van der Waals surface area contributed by atoms with E-state index in [2.05, 4.69) is 5.32 Å². The predicted molar refractivity (Wildman–Crippen MR) is 125 cm³/mol. The third-order valence-corrected chi connectivity index (χ3v) is 5.47. The summed E-state index contributed by atoms with van der Waals surface area (Å²) in [6.45, 7) is 0. The summed E-state index contributed by atoms with van der Waals surface area (Å²) in [6.07, 6.45) is 1.51. The molecule has 0 radical (unpaired) electrons. The van der Waals surface area contributed by atoms with Crippen LogP contribution in [0.25, 0.3) is 6.08 Å². The molecule has 1 aliphatic heterocycles. The monoisotopic (exact) mass is 472 g/mol. The zero-order valence-electron chi connectivity index (χ0n) is 15.9. The Morgan fingerprint density at radius 3 is 2.39 bits per heavy atom. The first-order valence-electron chi connectivity index (χ1n) is 9.21. The zero-order valence-corrected chi connectivity index (χ0v) is 18.2. The lowest BCUT2D eigenvalue weighted by Crippen LogP contribution is -2.54. The van der Waals surface area contributed by atoms with E-state index in [9.17, 15) is 9.18 Å². The smallest absolute Gasteiger partial charge is 0.263 e. The molecule has 156 valence electrons. The number of halogens is 3. The van der Waals surface area contributed by atoms with Crippen LogP contribution in [0, 0.1) is 5.82 Å². The number of benzene rings is 3. The number of amides is 1. The lowest BCUT2D eigenvalue weighted by atomic mass is 10.1. The number of para-hydroxylation sites is 1. The standard InChI is InChI=1S/C23H15Cl2FN2O2S/c24-19-11-6-14(13-20(19)26)12-18-21(25)27-23(31)28(22(18)29)15-7-9-17(10-8-15)30-16-4-2-1-3-5-16/h1-13,21H,(H,27,31)/b18-12+. The Hall–Kier alpha value is -2.93. The van der Waals surface area contributed by atoms with Gasteiger partial charge in [0.1, 0.15) is 22.8 Å². The molecule has 0 spiro atoms. The fourth-order valence-corrected chi connectivity index (χ4v) is 3.77. The van der Waals surface area contributed by atoms with Crippen molar-refractivity contribution < 1.29 is 13.9 Å². The van der Waals surface area contributed by atoms with Gasteiger partial charge in [-0.25, -0.2) is 4.39 Å². The number of nitrogens with zero attached hydrogens (tertiary/aromatic N) is 1. The molecule has 8 heteroatoms. The number of carbonyl (C=O) groups excluding carboxylic acids is 1. The summed E-state index contributed by atoms with van der Waals surface area (Å²) in [5.74, 6) is 0.323. The van der Waals surface area contributed by atoms with E-state index in [1.165, 1.54) is 23.1 Å². The molecule has 0 aromatic heterocycles. The van der Waals surface area contributed by atoms with E-state index in [0.29, 0.717) is 22.7 Å². The van der Waals surface area contributed by atoms with Crippen LogP contribution >= 0.6 is 35.4 Å². The fourth-order valence-electron chi connectivity index (χ4n) is 3.02. The molecule has 1 heterocycles. The average Bonchev–Trinajstić information content (AvgIpc) is 2.75. The van der Waals surface area contributed by atoms with Crippen molar-refractivity contribution in [2.24, 2.45) is 0 Å². The third-order valence-electron chi connectivity index (χ3n) is 4.52. The van der Waals surface area contributed by atoms with Crippen molar-refractivity contribution >= 4 is 58.2 Å². The van der Waals surface area contributed by atoms with E-state index in [4.69, 9.17) is 40.2 Å². The first-order chi connectivity index (χ1) is 14.9. The quantitative estimate of drug-likeness (QED) is 0.214. The zero-order chi connectivity index (χ0) is 22.0. The molecule has 3 aromatic rings. The van der Waals surface area contributed by atoms with Gasteiger partial charge in [-0.3, -0.25) is 9.69 Å². The predicted octanol–water partition coefficient (Wildman–Crippen LogP) is 6.14. The van der Waals surface area contributed by atoms with Gasteiger partial charge in [0.2, 0.25) is 0 Å². The second kappa shape index (κ2) is 9.06. The number of ether oxygens (including phenoxy) is 1. The van der Waals surface area contributed by atoms with E-state index in [-0.39, 0.29) is 15.7 Å². The molecule has 1 N–H and O–H groups in total. The van der Waals surface area contributed by atoms with E-state index in [0.717, 1.165) is 0 Å². The number of nitrogens with one attached hydrogen (secondary N) is 1. The van der Waals surface area contributed by atoms with Crippen LogP contribution in [-0.2, 0) is 4.79 Å². The molecule has 31 heavy (non-hydrogen) atoms. The SMILES string of the molecule is O=C1/C(=C/c2ccc(Cl)c(F)c2)C(Cl)NC(=S)N1c1ccc(Oc2ccccc2)cc1. The summed E-state index contributed by atoms with van der Waals surface area (Å²) in [5, 5.41) is 3.06. The number of carbonyl (C=O) groups is 1. The van der Waals surface area contributed by atoms with Gasteiger partial charge >= 0.3 is 0 Å². The van der Waals surface area contributed by atoms with Crippen molar-refractivity contribution in [2.45, 2.75) is 5.50 Å². The number of hydrogen-bond acceptors (Lipinski definition) is 3. The maximum absolute atomic E-state index is 13.8. The Bertz CT molecular complexity index is 1170. The Balaban J connectivity index is 1.60. The van der Waals surface area contributed by atoms with Crippen LogP contribution in [0.2, 0.25) is 5.02 Å².